The highest BCUT2D eigenvalue weighted by atomic mass is 79.9. The summed E-state index contributed by atoms with van der Waals surface area (Å²) in [6.07, 6.45) is 1.60. The second kappa shape index (κ2) is 4.31. The summed E-state index contributed by atoms with van der Waals surface area (Å²) in [5.74, 6) is 0.767. The molecule has 0 atom stereocenters. The van der Waals surface area contributed by atoms with Crippen LogP contribution in [0.4, 0.5) is 5.82 Å². The van der Waals surface area contributed by atoms with Gasteiger partial charge in [-0.05, 0) is 23.9 Å². The minimum atomic E-state index is 0.767. The van der Waals surface area contributed by atoms with Crippen LogP contribution < -0.4 is 5.32 Å². The lowest BCUT2D eigenvalue weighted by molar-refractivity contribution is 1.10. The maximum absolute atomic E-state index is 4.09. The Kier molecular flexibility index (Phi) is 2.87. The lowest BCUT2D eigenvalue weighted by Gasteiger charge is -1.96. The second-order valence-corrected chi connectivity index (χ2v) is 3.94. The SMILES string of the molecule is C=CNc1cc(-c2ccc(Br)cc2)[nH]n1. The normalized spacial score (nSPS) is 9.93. The summed E-state index contributed by atoms with van der Waals surface area (Å²) in [7, 11) is 0. The molecule has 1 aromatic carbocycles. The van der Waals surface area contributed by atoms with Gasteiger partial charge in [-0.3, -0.25) is 5.10 Å². The maximum atomic E-state index is 4.09. The molecule has 0 amide bonds. The summed E-state index contributed by atoms with van der Waals surface area (Å²) in [6.45, 7) is 3.58. The average Bonchev–Trinajstić information content (AvgIpc) is 2.68. The first-order valence-corrected chi connectivity index (χ1v) is 5.27. The van der Waals surface area contributed by atoms with Gasteiger partial charge >= 0.3 is 0 Å². The zero-order valence-electron chi connectivity index (χ0n) is 8.00. The Morgan fingerprint density at radius 2 is 2.07 bits per heavy atom. The number of aromatic amines is 1. The quantitative estimate of drug-likeness (QED) is 0.892. The summed E-state index contributed by atoms with van der Waals surface area (Å²) in [5, 5.41) is 9.96. The zero-order chi connectivity index (χ0) is 10.7. The van der Waals surface area contributed by atoms with E-state index in [0.717, 1.165) is 21.5 Å². The Bertz CT molecular complexity index is 459. The fourth-order valence-corrected chi connectivity index (χ4v) is 1.54. The van der Waals surface area contributed by atoms with Crippen molar-refractivity contribution < 1.29 is 0 Å². The lowest BCUT2D eigenvalue weighted by Crippen LogP contribution is -1.84. The number of hydrogen-bond acceptors (Lipinski definition) is 2. The number of halogens is 1. The van der Waals surface area contributed by atoms with Crippen molar-refractivity contribution in [1.82, 2.24) is 10.2 Å². The third-order valence-corrected chi connectivity index (χ3v) is 2.51. The van der Waals surface area contributed by atoms with E-state index >= 15 is 0 Å². The molecule has 1 aromatic heterocycles. The molecule has 0 aliphatic carbocycles. The van der Waals surface area contributed by atoms with Crippen LogP contribution in [0.25, 0.3) is 11.3 Å². The van der Waals surface area contributed by atoms with E-state index in [1.54, 1.807) is 6.20 Å². The summed E-state index contributed by atoms with van der Waals surface area (Å²) in [5.41, 5.74) is 2.08. The first kappa shape index (κ1) is 9.98. The van der Waals surface area contributed by atoms with Crippen LogP contribution in [0.2, 0.25) is 0 Å². The Morgan fingerprint density at radius 1 is 1.33 bits per heavy atom. The van der Waals surface area contributed by atoms with Crippen molar-refractivity contribution in [2.24, 2.45) is 0 Å². The zero-order valence-corrected chi connectivity index (χ0v) is 9.58. The fourth-order valence-electron chi connectivity index (χ4n) is 1.28. The van der Waals surface area contributed by atoms with Gasteiger partial charge < -0.3 is 5.32 Å². The van der Waals surface area contributed by atoms with E-state index in [1.807, 2.05) is 30.3 Å². The number of benzene rings is 1. The van der Waals surface area contributed by atoms with E-state index in [0.29, 0.717) is 0 Å². The van der Waals surface area contributed by atoms with Crippen molar-refractivity contribution in [3.8, 4) is 11.3 Å². The molecule has 0 saturated carbocycles. The Balaban J connectivity index is 2.28. The summed E-state index contributed by atoms with van der Waals surface area (Å²) >= 11 is 3.40. The van der Waals surface area contributed by atoms with E-state index in [2.05, 4.69) is 38.0 Å². The van der Waals surface area contributed by atoms with Crippen molar-refractivity contribution in [1.29, 1.82) is 0 Å². The van der Waals surface area contributed by atoms with Crippen LogP contribution >= 0.6 is 15.9 Å². The van der Waals surface area contributed by atoms with Gasteiger partial charge in [-0.1, -0.05) is 34.6 Å². The number of rotatable bonds is 3. The molecule has 0 bridgehead atoms. The molecule has 0 unspecified atom stereocenters. The van der Waals surface area contributed by atoms with Crippen LogP contribution in [0.3, 0.4) is 0 Å². The standard InChI is InChI=1S/C11H10BrN3/c1-2-13-11-7-10(14-15-11)8-3-5-9(12)6-4-8/h2-7H,1H2,(H2,13,14,15). The van der Waals surface area contributed by atoms with Gasteiger partial charge in [0, 0.05) is 10.5 Å². The lowest BCUT2D eigenvalue weighted by atomic mass is 10.2. The highest BCUT2D eigenvalue weighted by molar-refractivity contribution is 9.10. The molecule has 0 aliphatic heterocycles. The van der Waals surface area contributed by atoms with Crippen molar-refractivity contribution in [2.75, 3.05) is 5.32 Å². The number of anilines is 1. The van der Waals surface area contributed by atoms with Crippen molar-refractivity contribution in [2.45, 2.75) is 0 Å². The maximum Gasteiger partial charge on any atom is 0.152 e. The Hall–Kier alpha value is -1.55. The molecule has 0 aliphatic rings. The first-order chi connectivity index (χ1) is 7.29. The van der Waals surface area contributed by atoms with Crippen LogP contribution in [-0.4, -0.2) is 10.2 Å². The monoisotopic (exact) mass is 263 g/mol. The van der Waals surface area contributed by atoms with E-state index < -0.39 is 0 Å². The van der Waals surface area contributed by atoms with Gasteiger partial charge in [0.1, 0.15) is 0 Å². The molecule has 4 heteroatoms. The number of nitrogens with zero attached hydrogens (tertiary/aromatic N) is 1. The second-order valence-electron chi connectivity index (χ2n) is 3.02. The van der Waals surface area contributed by atoms with Crippen molar-refractivity contribution in [3.63, 3.8) is 0 Å². The summed E-state index contributed by atoms with van der Waals surface area (Å²) in [6, 6.07) is 9.98. The third-order valence-electron chi connectivity index (χ3n) is 1.98. The number of nitrogens with one attached hydrogen (secondary N) is 2. The van der Waals surface area contributed by atoms with E-state index in [4.69, 9.17) is 0 Å². The molecule has 0 saturated heterocycles. The van der Waals surface area contributed by atoms with Crippen LogP contribution in [0.5, 0.6) is 0 Å². The van der Waals surface area contributed by atoms with Gasteiger partial charge in [0.25, 0.3) is 0 Å². The predicted octanol–water partition coefficient (Wildman–Crippen LogP) is 3.39. The molecule has 0 radical (unpaired) electrons. The molecule has 0 spiro atoms. The van der Waals surface area contributed by atoms with Crippen LogP contribution in [-0.2, 0) is 0 Å². The van der Waals surface area contributed by atoms with Gasteiger partial charge in [-0.25, -0.2) is 0 Å². The molecule has 2 N–H and O–H groups in total. The fraction of sp³-hybridized carbons (Fsp3) is 0. The average molecular weight is 264 g/mol. The molecule has 3 nitrogen and oxygen atoms in total. The van der Waals surface area contributed by atoms with Crippen LogP contribution in [0, 0.1) is 0 Å². The smallest absolute Gasteiger partial charge is 0.152 e. The van der Waals surface area contributed by atoms with Crippen LogP contribution in [0.15, 0.2) is 47.6 Å². The summed E-state index contributed by atoms with van der Waals surface area (Å²) in [4.78, 5) is 0. The Labute approximate surface area is 96.3 Å². The van der Waals surface area contributed by atoms with E-state index in [9.17, 15) is 0 Å². The van der Waals surface area contributed by atoms with Gasteiger partial charge in [-0.2, -0.15) is 5.10 Å². The highest BCUT2D eigenvalue weighted by Crippen LogP contribution is 2.21. The van der Waals surface area contributed by atoms with Gasteiger partial charge in [0.05, 0.1) is 5.69 Å². The number of aromatic nitrogens is 2. The highest BCUT2D eigenvalue weighted by Gasteiger charge is 2.01. The number of hydrogen-bond donors (Lipinski definition) is 2. The van der Waals surface area contributed by atoms with E-state index in [1.165, 1.54) is 0 Å². The topological polar surface area (TPSA) is 40.7 Å². The first-order valence-electron chi connectivity index (χ1n) is 4.48. The Morgan fingerprint density at radius 3 is 2.73 bits per heavy atom. The van der Waals surface area contributed by atoms with Gasteiger partial charge in [0.2, 0.25) is 0 Å². The number of H-pyrrole nitrogens is 1. The minimum absolute atomic E-state index is 0.767. The molecular weight excluding hydrogens is 254 g/mol. The molecule has 0 fully saturated rings. The largest absolute Gasteiger partial charge is 0.346 e. The van der Waals surface area contributed by atoms with Crippen molar-refractivity contribution in [3.05, 3.63) is 47.6 Å². The molecule has 15 heavy (non-hydrogen) atoms. The van der Waals surface area contributed by atoms with Crippen LogP contribution in [0.1, 0.15) is 0 Å². The molecule has 76 valence electrons. The van der Waals surface area contributed by atoms with E-state index in [-0.39, 0.29) is 0 Å². The summed E-state index contributed by atoms with van der Waals surface area (Å²) < 4.78 is 1.07. The molecular formula is C11H10BrN3. The molecule has 2 rings (SSSR count). The third kappa shape index (κ3) is 2.27. The molecule has 1 heterocycles. The van der Waals surface area contributed by atoms with Crippen molar-refractivity contribution >= 4 is 21.7 Å². The minimum Gasteiger partial charge on any atom is -0.346 e. The van der Waals surface area contributed by atoms with Gasteiger partial charge in [0.15, 0.2) is 5.82 Å². The van der Waals surface area contributed by atoms with Gasteiger partial charge in [-0.15, -0.1) is 0 Å². The predicted molar refractivity (Wildman–Crippen MR) is 65.5 cm³/mol. The molecule has 2 aromatic rings.